The Kier molecular flexibility index (Phi) is 7.29. The summed E-state index contributed by atoms with van der Waals surface area (Å²) in [6, 6.07) is 0. The van der Waals surface area contributed by atoms with Crippen LogP contribution in [0.1, 0.15) is 20.3 Å². The highest BCUT2D eigenvalue weighted by molar-refractivity contribution is 7.99. The molecule has 0 saturated carbocycles. The van der Waals surface area contributed by atoms with E-state index in [1.807, 2.05) is 13.8 Å². The van der Waals surface area contributed by atoms with Gasteiger partial charge in [0.2, 0.25) is 0 Å². The molecular formula is C8H16O3S. The lowest BCUT2D eigenvalue weighted by Gasteiger charge is -2.07. The van der Waals surface area contributed by atoms with Crippen molar-refractivity contribution in [1.82, 2.24) is 0 Å². The molecule has 0 radical (unpaired) electrons. The van der Waals surface area contributed by atoms with Gasteiger partial charge in [-0.15, -0.1) is 0 Å². The molecule has 0 aromatic rings. The number of carboxylic acids is 1. The van der Waals surface area contributed by atoms with Gasteiger partial charge < -0.3 is 9.84 Å². The average molecular weight is 192 g/mol. The van der Waals surface area contributed by atoms with Gasteiger partial charge in [0.05, 0.1) is 13.0 Å². The van der Waals surface area contributed by atoms with Crippen molar-refractivity contribution in [3.05, 3.63) is 0 Å². The first kappa shape index (κ1) is 11.8. The SMILES string of the molecule is CCOCCSC(C)CC(=O)O. The molecule has 0 aliphatic carbocycles. The molecule has 0 saturated heterocycles. The van der Waals surface area contributed by atoms with Gasteiger partial charge in [0.1, 0.15) is 0 Å². The number of aliphatic carboxylic acids is 1. The molecule has 1 N–H and O–H groups in total. The van der Waals surface area contributed by atoms with Gasteiger partial charge in [-0.2, -0.15) is 11.8 Å². The highest BCUT2D eigenvalue weighted by Crippen LogP contribution is 2.13. The molecule has 0 fully saturated rings. The van der Waals surface area contributed by atoms with E-state index in [2.05, 4.69) is 0 Å². The van der Waals surface area contributed by atoms with E-state index in [4.69, 9.17) is 9.84 Å². The van der Waals surface area contributed by atoms with Crippen molar-refractivity contribution >= 4 is 17.7 Å². The monoisotopic (exact) mass is 192 g/mol. The number of carbonyl (C=O) groups is 1. The van der Waals surface area contributed by atoms with E-state index >= 15 is 0 Å². The van der Waals surface area contributed by atoms with Gasteiger partial charge in [0, 0.05) is 17.6 Å². The molecule has 0 aromatic heterocycles. The molecule has 72 valence electrons. The van der Waals surface area contributed by atoms with Crippen molar-refractivity contribution in [2.75, 3.05) is 19.0 Å². The Morgan fingerprint density at radius 3 is 2.83 bits per heavy atom. The molecule has 4 heteroatoms. The number of ether oxygens (including phenoxy) is 1. The third-order valence-corrected chi connectivity index (χ3v) is 2.43. The zero-order valence-corrected chi connectivity index (χ0v) is 8.39. The van der Waals surface area contributed by atoms with Gasteiger partial charge in [-0.3, -0.25) is 4.79 Å². The summed E-state index contributed by atoms with van der Waals surface area (Å²) >= 11 is 1.64. The van der Waals surface area contributed by atoms with Gasteiger partial charge in [-0.1, -0.05) is 6.92 Å². The number of hydrogen-bond donors (Lipinski definition) is 1. The Balaban J connectivity index is 3.19. The van der Waals surface area contributed by atoms with E-state index in [-0.39, 0.29) is 11.7 Å². The number of carboxylic acid groups (broad SMARTS) is 1. The third-order valence-electron chi connectivity index (χ3n) is 1.30. The fourth-order valence-electron chi connectivity index (χ4n) is 0.757. The second-order valence-corrected chi connectivity index (χ2v) is 4.02. The van der Waals surface area contributed by atoms with Crippen LogP contribution in [0.4, 0.5) is 0 Å². The molecule has 0 heterocycles. The van der Waals surface area contributed by atoms with Gasteiger partial charge >= 0.3 is 5.97 Å². The van der Waals surface area contributed by atoms with Crippen molar-refractivity contribution in [2.45, 2.75) is 25.5 Å². The highest BCUT2D eigenvalue weighted by atomic mass is 32.2. The molecule has 3 nitrogen and oxygen atoms in total. The zero-order chi connectivity index (χ0) is 9.40. The van der Waals surface area contributed by atoms with Crippen molar-refractivity contribution in [1.29, 1.82) is 0 Å². The lowest BCUT2D eigenvalue weighted by atomic mass is 10.3. The minimum Gasteiger partial charge on any atom is -0.481 e. The van der Waals surface area contributed by atoms with Crippen LogP contribution in [0.5, 0.6) is 0 Å². The van der Waals surface area contributed by atoms with Crippen LogP contribution in [0.15, 0.2) is 0 Å². The standard InChI is InChI=1S/C8H16O3S/c1-3-11-4-5-12-7(2)6-8(9)10/h7H,3-6H2,1-2H3,(H,9,10). The number of hydrogen-bond acceptors (Lipinski definition) is 3. The molecule has 1 unspecified atom stereocenters. The smallest absolute Gasteiger partial charge is 0.304 e. The summed E-state index contributed by atoms with van der Waals surface area (Å²) in [5.74, 6) is 0.147. The first-order chi connectivity index (χ1) is 5.66. The molecule has 0 spiro atoms. The van der Waals surface area contributed by atoms with Gasteiger partial charge in [-0.05, 0) is 6.92 Å². The molecule has 0 aliphatic rings. The molecular weight excluding hydrogens is 176 g/mol. The van der Waals surface area contributed by atoms with Crippen LogP contribution in [0.3, 0.4) is 0 Å². The zero-order valence-electron chi connectivity index (χ0n) is 7.58. The Morgan fingerprint density at radius 2 is 2.33 bits per heavy atom. The molecule has 0 aliphatic heterocycles. The van der Waals surface area contributed by atoms with Crippen molar-refractivity contribution < 1.29 is 14.6 Å². The summed E-state index contributed by atoms with van der Waals surface area (Å²) in [7, 11) is 0. The minimum absolute atomic E-state index is 0.183. The first-order valence-electron chi connectivity index (χ1n) is 4.08. The van der Waals surface area contributed by atoms with Gasteiger partial charge in [-0.25, -0.2) is 0 Å². The number of thioether (sulfide) groups is 1. The molecule has 0 amide bonds. The van der Waals surface area contributed by atoms with Crippen LogP contribution in [0.2, 0.25) is 0 Å². The van der Waals surface area contributed by atoms with Crippen LogP contribution in [0.25, 0.3) is 0 Å². The third kappa shape index (κ3) is 7.88. The molecule has 0 rings (SSSR count). The lowest BCUT2D eigenvalue weighted by molar-refractivity contribution is -0.136. The summed E-state index contributed by atoms with van der Waals surface area (Å²) in [5, 5.41) is 8.63. The maximum Gasteiger partial charge on any atom is 0.304 e. The predicted molar refractivity (Wildman–Crippen MR) is 50.7 cm³/mol. The van der Waals surface area contributed by atoms with E-state index < -0.39 is 5.97 Å². The maximum absolute atomic E-state index is 10.3. The summed E-state index contributed by atoms with van der Waals surface area (Å²) in [6.07, 6.45) is 0.233. The quantitative estimate of drug-likeness (QED) is 0.623. The number of rotatable bonds is 7. The van der Waals surface area contributed by atoms with E-state index in [1.54, 1.807) is 11.8 Å². The Bertz CT molecular complexity index is 127. The highest BCUT2D eigenvalue weighted by Gasteiger charge is 2.06. The normalized spacial score (nSPS) is 12.8. The Hall–Kier alpha value is -0.220. The molecule has 1 atom stereocenters. The topological polar surface area (TPSA) is 46.5 Å². The fraction of sp³-hybridized carbons (Fsp3) is 0.875. The molecule has 0 aromatic carbocycles. The summed E-state index contributed by atoms with van der Waals surface area (Å²) in [6.45, 7) is 5.31. The van der Waals surface area contributed by atoms with E-state index in [1.165, 1.54) is 0 Å². The molecule has 12 heavy (non-hydrogen) atoms. The van der Waals surface area contributed by atoms with Gasteiger partial charge in [0.15, 0.2) is 0 Å². The van der Waals surface area contributed by atoms with Crippen LogP contribution < -0.4 is 0 Å². The van der Waals surface area contributed by atoms with Crippen LogP contribution in [-0.4, -0.2) is 35.3 Å². The summed E-state index contributed by atoms with van der Waals surface area (Å²) < 4.78 is 5.12. The largest absolute Gasteiger partial charge is 0.481 e. The van der Waals surface area contributed by atoms with E-state index in [0.717, 1.165) is 12.4 Å². The summed E-state index contributed by atoms with van der Waals surface area (Å²) in [5.41, 5.74) is 0. The van der Waals surface area contributed by atoms with Crippen molar-refractivity contribution in [2.24, 2.45) is 0 Å². The van der Waals surface area contributed by atoms with Crippen LogP contribution in [-0.2, 0) is 9.53 Å². The van der Waals surface area contributed by atoms with Crippen LogP contribution >= 0.6 is 11.8 Å². The lowest BCUT2D eigenvalue weighted by Crippen LogP contribution is -2.08. The average Bonchev–Trinajstić information content (AvgIpc) is 1.97. The van der Waals surface area contributed by atoms with E-state index in [0.29, 0.717) is 6.61 Å². The van der Waals surface area contributed by atoms with E-state index in [9.17, 15) is 4.79 Å². The Labute approximate surface area is 77.5 Å². The Morgan fingerprint density at radius 1 is 1.67 bits per heavy atom. The van der Waals surface area contributed by atoms with Crippen molar-refractivity contribution in [3.63, 3.8) is 0 Å². The fourth-order valence-corrected chi connectivity index (χ4v) is 1.63. The van der Waals surface area contributed by atoms with Crippen LogP contribution in [0, 0.1) is 0 Å². The second kappa shape index (κ2) is 7.43. The second-order valence-electron chi connectivity index (χ2n) is 2.48. The summed E-state index contributed by atoms with van der Waals surface area (Å²) in [4.78, 5) is 10.3. The predicted octanol–water partition coefficient (Wildman–Crippen LogP) is 1.62. The van der Waals surface area contributed by atoms with Crippen molar-refractivity contribution in [3.8, 4) is 0 Å². The first-order valence-corrected chi connectivity index (χ1v) is 5.12. The maximum atomic E-state index is 10.3. The van der Waals surface area contributed by atoms with Gasteiger partial charge in [0.25, 0.3) is 0 Å². The molecule has 0 bridgehead atoms. The minimum atomic E-state index is -0.730.